The molecule has 0 radical (unpaired) electrons. The van der Waals surface area contributed by atoms with Crippen LogP contribution in [0, 0.1) is 17.0 Å². The summed E-state index contributed by atoms with van der Waals surface area (Å²) >= 11 is 5.83. The van der Waals surface area contributed by atoms with Gasteiger partial charge in [0.15, 0.2) is 0 Å². The molecule has 0 atom stereocenters. The van der Waals surface area contributed by atoms with Gasteiger partial charge in [-0.1, -0.05) is 11.6 Å². The number of aryl methyl sites for hydroxylation is 2. The number of non-ortho nitro benzene ring substituents is 1. The minimum Gasteiger partial charge on any atom is -0.457 e. The van der Waals surface area contributed by atoms with Crippen LogP contribution in [0.5, 0.6) is 11.5 Å². The van der Waals surface area contributed by atoms with Gasteiger partial charge in [0.05, 0.1) is 22.4 Å². The minimum atomic E-state index is -4.00. The van der Waals surface area contributed by atoms with Gasteiger partial charge in [-0.2, -0.15) is 5.10 Å². The number of nitro groups is 1. The second-order valence-corrected chi connectivity index (χ2v) is 8.16. The molecular weight excluding hydrogens is 420 g/mol. The fourth-order valence-corrected chi connectivity index (χ4v) is 3.94. The van der Waals surface area contributed by atoms with Gasteiger partial charge < -0.3 is 4.74 Å². The SMILES string of the molecule is CCn1cc(S(=O)(=O)Nc2cc(Oc3ccc(Cl)cc3)cc([N+](=O)[O-])c2)c(C)n1. The van der Waals surface area contributed by atoms with Gasteiger partial charge in [-0.25, -0.2) is 8.42 Å². The van der Waals surface area contributed by atoms with E-state index in [-0.39, 0.29) is 22.0 Å². The molecule has 0 saturated heterocycles. The monoisotopic (exact) mass is 436 g/mol. The summed E-state index contributed by atoms with van der Waals surface area (Å²) < 4.78 is 35.0. The van der Waals surface area contributed by atoms with Crippen molar-refractivity contribution in [3.05, 3.63) is 69.5 Å². The maximum Gasteiger partial charge on any atom is 0.275 e. The van der Waals surface area contributed by atoms with E-state index in [1.54, 1.807) is 31.2 Å². The van der Waals surface area contributed by atoms with Gasteiger partial charge in [0, 0.05) is 29.9 Å². The molecule has 0 amide bonds. The van der Waals surface area contributed by atoms with E-state index in [1.165, 1.54) is 23.0 Å². The highest BCUT2D eigenvalue weighted by molar-refractivity contribution is 7.92. The highest BCUT2D eigenvalue weighted by Gasteiger charge is 2.22. The first-order valence-electron chi connectivity index (χ1n) is 8.47. The zero-order valence-corrected chi connectivity index (χ0v) is 17.1. The first-order chi connectivity index (χ1) is 13.7. The number of halogens is 1. The lowest BCUT2D eigenvalue weighted by molar-refractivity contribution is -0.384. The molecule has 0 aliphatic heterocycles. The third-order valence-electron chi connectivity index (χ3n) is 3.92. The van der Waals surface area contributed by atoms with Crippen molar-refractivity contribution in [1.29, 1.82) is 0 Å². The summed E-state index contributed by atoms with van der Waals surface area (Å²) in [5, 5.41) is 15.9. The smallest absolute Gasteiger partial charge is 0.275 e. The van der Waals surface area contributed by atoms with E-state index in [9.17, 15) is 18.5 Å². The molecule has 0 fully saturated rings. The summed E-state index contributed by atoms with van der Waals surface area (Å²) in [5.74, 6) is 0.490. The molecule has 0 aliphatic carbocycles. The minimum absolute atomic E-state index is 0.00758. The van der Waals surface area contributed by atoms with Crippen LogP contribution >= 0.6 is 11.6 Å². The van der Waals surface area contributed by atoms with Crippen molar-refractivity contribution in [1.82, 2.24) is 9.78 Å². The van der Waals surface area contributed by atoms with Crippen molar-refractivity contribution in [3.8, 4) is 11.5 Å². The number of anilines is 1. The van der Waals surface area contributed by atoms with Crippen LogP contribution in [0.4, 0.5) is 11.4 Å². The average molecular weight is 437 g/mol. The molecule has 2 aromatic carbocycles. The summed E-state index contributed by atoms with van der Waals surface area (Å²) in [5.41, 5.74) is -0.00984. The van der Waals surface area contributed by atoms with Gasteiger partial charge in [0.2, 0.25) is 0 Å². The third-order valence-corrected chi connectivity index (χ3v) is 5.65. The van der Waals surface area contributed by atoms with E-state index in [0.29, 0.717) is 23.0 Å². The molecule has 11 heteroatoms. The van der Waals surface area contributed by atoms with E-state index in [2.05, 4.69) is 9.82 Å². The molecule has 3 aromatic rings. The molecule has 0 aliphatic rings. The zero-order valence-electron chi connectivity index (χ0n) is 15.5. The van der Waals surface area contributed by atoms with E-state index in [0.717, 1.165) is 6.07 Å². The highest BCUT2D eigenvalue weighted by Crippen LogP contribution is 2.31. The molecule has 1 aromatic heterocycles. The van der Waals surface area contributed by atoms with Crippen molar-refractivity contribution < 1.29 is 18.1 Å². The quantitative estimate of drug-likeness (QED) is 0.434. The molecule has 0 bridgehead atoms. The fourth-order valence-electron chi connectivity index (χ4n) is 2.58. The molecule has 1 N–H and O–H groups in total. The predicted molar refractivity (Wildman–Crippen MR) is 108 cm³/mol. The number of rotatable bonds is 7. The highest BCUT2D eigenvalue weighted by atomic mass is 35.5. The van der Waals surface area contributed by atoms with Crippen LogP contribution in [-0.2, 0) is 16.6 Å². The van der Waals surface area contributed by atoms with Crippen molar-refractivity contribution in [2.75, 3.05) is 4.72 Å². The number of aromatic nitrogens is 2. The first kappa shape index (κ1) is 20.6. The number of nitrogens with zero attached hydrogens (tertiary/aromatic N) is 3. The van der Waals surface area contributed by atoms with E-state index in [4.69, 9.17) is 16.3 Å². The molecule has 0 spiro atoms. The van der Waals surface area contributed by atoms with Crippen molar-refractivity contribution in [3.63, 3.8) is 0 Å². The van der Waals surface area contributed by atoms with Crippen LogP contribution in [0.15, 0.2) is 53.6 Å². The van der Waals surface area contributed by atoms with Gasteiger partial charge in [0.25, 0.3) is 15.7 Å². The molecule has 29 heavy (non-hydrogen) atoms. The van der Waals surface area contributed by atoms with Gasteiger partial charge in [-0.05, 0) is 38.1 Å². The van der Waals surface area contributed by atoms with Gasteiger partial charge in [0.1, 0.15) is 16.4 Å². The Labute approximate surface area is 172 Å². The second-order valence-electron chi connectivity index (χ2n) is 6.07. The summed E-state index contributed by atoms with van der Waals surface area (Å²) in [6.45, 7) is 3.91. The summed E-state index contributed by atoms with van der Waals surface area (Å²) in [4.78, 5) is 10.6. The molecule has 152 valence electrons. The number of sulfonamides is 1. The molecule has 3 rings (SSSR count). The van der Waals surface area contributed by atoms with E-state index < -0.39 is 14.9 Å². The molecule has 9 nitrogen and oxygen atoms in total. The van der Waals surface area contributed by atoms with Crippen LogP contribution in [0.25, 0.3) is 0 Å². The summed E-state index contributed by atoms with van der Waals surface area (Å²) in [6.07, 6.45) is 1.40. The normalized spacial score (nSPS) is 11.3. The average Bonchev–Trinajstić information content (AvgIpc) is 3.05. The van der Waals surface area contributed by atoms with E-state index >= 15 is 0 Å². The lowest BCUT2D eigenvalue weighted by Crippen LogP contribution is -2.13. The molecular formula is C18H17ClN4O5S. The molecule has 1 heterocycles. The number of nitrogens with one attached hydrogen (secondary N) is 1. The lowest BCUT2D eigenvalue weighted by atomic mass is 10.2. The van der Waals surface area contributed by atoms with Crippen LogP contribution in [0.1, 0.15) is 12.6 Å². The Kier molecular flexibility index (Phi) is 5.76. The Bertz CT molecular complexity index is 1160. The first-order valence-corrected chi connectivity index (χ1v) is 10.3. The number of nitro benzene ring substituents is 1. The Morgan fingerprint density at radius 2 is 1.90 bits per heavy atom. The van der Waals surface area contributed by atoms with Gasteiger partial charge >= 0.3 is 0 Å². The summed E-state index contributed by atoms with van der Waals surface area (Å²) in [6, 6.07) is 10.1. The van der Waals surface area contributed by atoms with Crippen LogP contribution in [0.2, 0.25) is 5.02 Å². The Balaban J connectivity index is 1.95. The molecule has 0 unspecified atom stereocenters. The third kappa shape index (κ3) is 4.84. The van der Waals surface area contributed by atoms with Crippen molar-refractivity contribution >= 4 is 33.0 Å². The van der Waals surface area contributed by atoms with Gasteiger partial charge in [-0.3, -0.25) is 19.5 Å². The number of benzene rings is 2. The maximum absolute atomic E-state index is 12.8. The van der Waals surface area contributed by atoms with Crippen molar-refractivity contribution in [2.24, 2.45) is 0 Å². The summed E-state index contributed by atoms with van der Waals surface area (Å²) in [7, 11) is -4.00. The number of hydrogen-bond acceptors (Lipinski definition) is 6. The predicted octanol–water partition coefficient (Wildman–Crippen LogP) is 4.37. The van der Waals surface area contributed by atoms with Crippen molar-refractivity contribution in [2.45, 2.75) is 25.3 Å². The largest absolute Gasteiger partial charge is 0.457 e. The Morgan fingerprint density at radius 3 is 2.48 bits per heavy atom. The lowest BCUT2D eigenvalue weighted by Gasteiger charge is -2.10. The Hall–Kier alpha value is -3.11. The standard InChI is InChI=1S/C18H17ClN4O5S/c1-3-22-11-18(12(2)20-22)29(26,27)21-14-8-15(23(24)25)10-17(9-14)28-16-6-4-13(19)5-7-16/h4-11,21H,3H2,1-2H3. The van der Waals surface area contributed by atoms with Crippen LogP contribution in [0.3, 0.4) is 0 Å². The van der Waals surface area contributed by atoms with Crippen LogP contribution in [-0.4, -0.2) is 23.1 Å². The number of hydrogen-bond donors (Lipinski definition) is 1. The second kappa shape index (κ2) is 8.10. The fraction of sp³-hybridized carbons (Fsp3) is 0.167. The Morgan fingerprint density at radius 1 is 1.21 bits per heavy atom. The topological polar surface area (TPSA) is 116 Å². The zero-order chi connectivity index (χ0) is 21.2. The maximum atomic E-state index is 12.8. The van der Waals surface area contributed by atoms with Crippen LogP contribution < -0.4 is 9.46 Å². The molecule has 0 saturated carbocycles. The number of ether oxygens (including phenoxy) is 1. The van der Waals surface area contributed by atoms with Gasteiger partial charge in [-0.15, -0.1) is 0 Å². The van der Waals surface area contributed by atoms with E-state index in [1.807, 2.05) is 6.92 Å².